The molecule has 16 heavy (non-hydrogen) atoms. The fourth-order valence-electron chi connectivity index (χ4n) is 1.14. The lowest BCUT2D eigenvalue weighted by Crippen LogP contribution is -2.05. The van der Waals surface area contributed by atoms with Crippen LogP contribution in [0.25, 0.3) is 0 Å². The van der Waals surface area contributed by atoms with E-state index in [4.69, 9.17) is 10.1 Å². The molecule has 0 aliphatic carbocycles. The highest BCUT2D eigenvalue weighted by atomic mass is 79.9. The van der Waals surface area contributed by atoms with Crippen molar-refractivity contribution in [1.82, 2.24) is 15.1 Å². The summed E-state index contributed by atoms with van der Waals surface area (Å²) in [5, 5.41) is 14.9. The van der Waals surface area contributed by atoms with Crippen LogP contribution in [0.15, 0.2) is 23.1 Å². The van der Waals surface area contributed by atoms with Gasteiger partial charge in [-0.15, -0.1) is 0 Å². The van der Waals surface area contributed by atoms with Gasteiger partial charge in [-0.05, 0) is 15.9 Å². The third-order valence-corrected chi connectivity index (χ3v) is 2.58. The minimum Gasteiger partial charge on any atom is -0.393 e. The zero-order valence-electron chi connectivity index (χ0n) is 9.33. The summed E-state index contributed by atoms with van der Waals surface area (Å²) in [5.41, 5.74) is 1.17. The first kappa shape index (κ1) is 12.9. The van der Waals surface area contributed by atoms with Gasteiger partial charge in [0.25, 0.3) is 0 Å². The average molecular weight is 287 g/mol. The predicted octanol–water partition coefficient (Wildman–Crippen LogP) is 1.35. The Morgan fingerprint density at radius 1 is 1.75 bits per heavy atom. The fourth-order valence-corrected chi connectivity index (χ4v) is 1.59. The first-order valence-electron chi connectivity index (χ1n) is 4.82. The summed E-state index contributed by atoms with van der Waals surface area (Å²) < 4.78 is 7.41. The minimum atomic E-state index is 0.401. The number of rotatable bonds is 6. The van der Waals surface area contributed by atoms with Crippen LogP contribution in [0.5, 0.6) is 0 Å². The van der Waals surface area contributed by atoms with Crippen molar-refractivity contribution in [2.24, 2.45) is 0 Å². The van der Waals surface area contributed by atoms with Crippen molar-refractivity contribution >= 4 is 21.6 Å². The highest BCUT2D eigenvalue weighted by molar-refractivity contribution is 9.12. The van der Waals surface area contributed by atoms with E-state index >= 15 is 0 Å². The highest BCUT2D eigenvalue weighted by Crippen LogP contribution is 2.12. The average Bonchev–Trinajstić information content (AvgIpc) is 2.74. The van der Waals surface area contributed by atoms with E-state index in [1.165, 1.54) is 0 Å². The molecule has 5 nitrogen and oxygen atoms in total. The maximum atomic E-state index is 7.89. The van der Waals surface area contributed by atoms with Crippen molar-refractivity contribution < 1.29 is 4.74 Å². The fraction of sp³-hybridized carbons (Fsp3) is 0.400. The summed E-state index contributed by atoms with van der Waals surface area (Å²) in [5.74, 6) is 0. The Morgan fingerprint density at radius 2 is 2.50 bits per heavy atom. The Hall–Kier alpha value is -1.14. The van der Waals surface area contributed by atoms with Crippen LogP contribution in [0.3, 0.4) is 0 Å². The molecule has 0 fully saturated rings. The lowest BCUT2D eigenvalue weighted by atomic mass is 10.2. The van der Waals surface area contributed by atoms with Crippen LogP contribution in [0.2, 0.25) is 0 Å². The Balaban J connectivity index is 2.70. The van der Waals surface area contributed by atoms with E-state index in [9.17, 15) is 0 Å². The van der Waals surface area contributed by atoms with Crippen molar-refractivity contribution in [3.63, 3.8) is 0 Å². The van der Waals surface area contributed by atoms with Crippen molar-refractivity contribution in [2.75, 3.05) is 20.8 Å². The molecule has 2 N–H and O–H groups in total. The van der Waals surface area contributed by atoms with Gasteiger partial charge in [0.2, 0.25) is 0 Å². The zero-order chi connectivity index (χ0) is 12.0. The monoisotopic (exact) mass is 286 g/mol. The quantitative estimate of drug-likeness (QED) is 0.776. The molecular formula is C10H15BrN4O. The highest BCUT2D eigenvalue weighted by Gasteiger charge is 2.07. The smallest absolute Gasteiger partial charge is 0.0800 e. The SMILES string of the molecule is CN/C=C(/Br)C(=N)c1cnn(CCOC)c1. The van der Waals surface area contributed by atoms with E-state index in [1.54, 1.807) is 31.2 Å². The van der Waals surface area contributed by atoms with Crippen LogP contribution >= 0.6 is 15.9 Å². The maximum Gasteiger partial charge on any atom is 0.0800 e. The van der Waals surface area contributed by atoms with Crippen LogP contribution in [0.4, 0.5) is 0 Å². The zero-order valence-corrected chi connectivity index (χ0v) is 10.9. The number of methoxy groups -OCH3 is 1. The predicted molar refractivity (Wildman–Crippen MR) is 67.0 cm³/mol. The summed E-state index contributed by atoms with van der Waals surface area (Å²) >= 11 is 3.31. The summed E-state index contributed by atoms with van der Waals surface area (Å²) in [4.78, 5) is 0. The van der Waals surface area contributed by atoms with Crippen LogP contribution in [0.1, 0.15) is 5.56 Å². The molecule has 0 spiro atoms. The van der Waals surface area contributed by atoms with Gasteiger partial charge >= 0.3 is 0 Å². The molecule has 1 aromatic heterocycles. The molecule has 0 aliphatic heterocycles. The van der Waals surface area contributed by atoms with Gasteiger partial charge in [-0.1, -0.05) is 0 Å². The molecule has 6 heteroatoms. The molecule has 88 valence electrons. The molecule has 0 unspecified atom stereocenters. The molecule has 0 atom stereocenters. The molecule has 0 saturated carbocycles. The van der Waals surface area contributed by atoms with Gasteiger partial charge in [-0.3, -0.25) is 10.1 Å². The van der Waals surface area contributed by atoms with Gasteiger partial charge in [0.1, 0.15) is 0 Å². The topological polar surface area (TPSA) is 62.9 Å². The third kappa shape index (κ3) is 3.46. The molecule has 1 heterocycles. The normalized spacial score (nSPS) is 11.6. The van der Waals surface area contributed by atoms with Crippen LogP contribution in [0, 0.1) is 5.41 Å². The molecule has 0 amide bonds. The van der Waals surface area contributed by atoms with Crippen molar-refractivity contribution in [3.05, 3.63) is 28.6 Å². The second-order valence-electron chi connectivity index (χ2n) is 3.14. The summed E-state index contributed by atoms with van der Waals surface area (Å²) in [6, 6.07) is 0. The van der Waals surface area contributed by atoms with E-state index in [1.807, 2.05) is 6.20 Å². The lowest BCUT2D eigenvalue weighted by molar-refractivity contribution is 0.183. The van der Waals surface area contributed by atoms with Crippen LogP contribution in [-0.2, 0) is 11.3 Å². The summed E-state index contributed by atoms with van der Waals surface area (Å²) in [6.07, 6.45) is 5.21. The number of aromatic nitrogens is 2. The molecule has 0 aliphatic rings. The second kappa shape index (κ2) is 6.44. The summed E-state index contributed by atoms with van der Waals surface area (Å²) in [6.45, 7) is 1.30. The van der Waals surface area contributed by atoms with Crippen LogP contribution in [-0.4, -0.2) is 36.3 Å². The van der Waals surface area contributed by atoms with Crippen molar-refractivity contribution in [2.45, 2.75) is 6.54 Å². The Labute approximate surface area is 103 Å². The molecule has 1 aromatic rings. The van der Waals surface area contributed by atoms with Gasteiger partial charge in [0.15, 0.2) is 0 Å². The van der Waals surface area contributed by atoms with Gasteiger partial charge in [0.05, 0.1) is 29.5 Å². The first-order valence-corrected chi connectivity index (χ1v) is 5.62. The molecule has 0 aromatic carbocycles. The lowest BCUT2D eigenvalue weighted by Gasteiger charge is -2.00. The third-order valence-electron chi connectivity index (χ3n) is 1.96. The van der Waals surface area contributed by atoms with E-state index < -0.39 is 0 Å². The van der Waals surface area contributed by atoms with Gasteiger partial charge in [0, 0.05) is 32.1 Å². The van der Waals surface area contributed by atoms with E-state index in [-0.39, 0.29) is 0 Å². The standard InChI is InChI=1S/C10H15BrN4O/c1-13-6-9(11)10(12)8-5-14-15(7-8)3-4-16-2/h5-7,12-13H,3-4H2,1-2H3/b9-6+,12-10?. The van der Waals surface area contributed by atoms with Gasteiger partial charge in [-0.25, -0.2) is 0 Å². The molecule has 0 bridgehead atoms. The van der Waals surface area contributed by atoms with Crippen LogP contribution < -0.4 is 5.32 Å². The Kier molecular flexibility index (Phi) is 5.21. The number of hydrogen-bond acceptors (Lipinski definition) is 4. The van der Waals surface area contributed by atoms with Gasteiger partial charge in [-0.2, -0.15) is 5.10 Å². The van der Waals surface area contributed by atoms with E-state index in [0.29, 0.717) is 23.3 Å². The Morgan fingerprint density at radius 3 is 3.12 bits per heavy atom. The largest absolute Gasteiger partial charge is 0.393 e. The summed E-state index contributed by atoms with van der Waals surface area (Å²) in [7, 11) is 3.44. The number of nitrogens with one attached hydrogen (secondary N) is 2. The molecule has 0 radical (unpaired) electrons. The number of hydrogen-bond donors (Lipinski definition) is 2. The molecule has 1 rings (SSSR count). The van der Waals surface area contributed by atoms with Crippen molar-refractivity contribution in [1.29, 1.82) is 5.41 Å². The second-order valence-corrected chi connectivity index (χ2v) is 4.00. The molecule has 0 saturated heterocycles. The number of halogens is 1. The number of ether oxygens (including phenoxy) is 1. The minimum absolute atomic E-state index is 0.401. The first-order chi connectivity index (χ1) is 7.69. The molecular weight excluding hydrogens is 272 g/mol. The number of nitrogens with zero attached hydrogens (tertiary/aromatic N) is 2. The van der Waals surface area contributed by atoms with E-state index in [0.717, 1.165) is 5.56 Å². The number of allylic oxidation sites excluding steroid dienone is 1. The van der Waals surface area contributed by atoms with E-state index in [2.05, 4.69) is 26.3 Å². The Bertz CT molecular complexity index is 386. The maximum absolute atomic E-state index is 7.89. The van der Waals surface area contributed by atoms with Crippen molar-refractivity contribution in [3.8, 4) is 0 Å². The van der Waals surface area contributed by atoms with Gasteiger partial charge < -0.3 is 10.1 Å².